The molecule has 0 heterocycles. The fraction of sp³-hybridized carbons (Fsp3) is 0.417. The van der Waals surface area contributed by atoms with E-state index in [9.17, 15) is 9.90 Å². The van der Waals surface area contributed by atoms with Crippen LogP contribution in [0.5, 0.6) is 5.75 Å². The number of carbonyl (C=O) groups is 1. The molecule has 1 N–H and O–H groups in total. The van der Waals surface area contributed by atoms with E-state index in [1.807, 2.05) is 0 Å². The number of phenols is 1. The van der Waals surface area contributed by atoms with E-state index in [4.69, 9.17) is 16.3 Å². The smallest absolute Gasteiger partial charge is 0.316 e. The lowest BCUT2D eigenvalue weighted by atomic mass is 9.96. The van der Waals surface area contributed by atoms with Gasteiger partial charge in [-0.1, -0.05) is 17.7 Å². The zero-order chi connectivity index (χ0) is 11.8. The summed E-state index contributed by atoms with van der Waals surface area (Å²) in [5, 5.41) is 9.60. The lowest BCUT2D eigenvalue weighted by Gasteiger charge is -2.14. The van der Waals surface area contributed by atoms with Crippen LogP contribution >= 0.6 is 11.6 Å². The molecule has 0 spiro atoms. The molecule has 3 nitrogen and oxygen atoms in total. The van der Waals surface area contributed by atoms with Crippen molar-refractivity contribution in [2.75, 3.05) is 6.61 Å². The van der Waals surface area contributed by atoms with Crippen molar-refractivity contribution in [1.29, 1.82) is 0 Å². The van der Waals surface area contributed by atoms with Gasteiger partial charge in [-0.05, 0) is 37.5 Å². The van der Waals surface area contributed by atoms with E-state index in [0.29, 0.717) is 6.61 Å². The van der Waals surface area contributed by atoms with Crippen LogP contribution in [0.2, 0.25) is 5.02 Å². The summed E-state index contributed by atoms with van der Waals surface area (Å²) >= 11 is 5.83. The van der Waals surface area contributed by atoms with E-state index in [1.165, 1.54) is 6.07 Å². The first-order valence-corrected chi connectivity index (χ1v) is 5.64. The van der Waals surface area contributed by atoms with Crippen molar-refractivity contribution >= 4 is 17.6 Å². The number of benzene rings is 1. The number of hydrogen-bond acceptors (Lipinski definition) is 3. The van der Waals surface area contributed by atoms with Gasteiger partial charge in [0.05, 0.1) is 17.0 Å². The molecule has 4 heteroatoms. The summed E-state index contributed by atoms with van der Waals surface area (Å²) < 4.78 is 5.05. The second-order valence-electron chi connectivity index (χ2n) is 3.97. The van der Waals surface area contributed by atoms with Crippen molar-refractivity contribution in [3.63, 3.8) is 0 Å². The van der Waals surface area contributed by atoms with Crippen LogP contribution < -0.4 is 0 Å². The molecule has 16 heavy (non-hydrogen) atoms. The highest BCUT2D eigenvalue weighted by molar-refractivity contribution is 6.32. The van der Waals surface area contributed by atoms with Crippen LogP contribution in [0.15, 0.2) is 18.2 Å². The van der Waals surface area contributed by atoms with Gasteiger partial charge in [-0.2, -0.15) is 0 Å². The van der Waals surface area contributed by atoms with Gasteiger partial charge in [0, 0.05) is 0 Å². The van der Waals surface area contributed by atoms with Gasteiger partial charge >= 0.3 is 5.97 Å². The molecular formula is C12H13ClO3. The minimum absolute atomic E-state index is 0.0325. The second-order valence-corrected chi connectivity index (χ2v) is 4.38. The average Bonchev–Trinajstić information content (AvgIpc) is 3.03. The Morgan fingerprint density at radius 1 is 1.56 bits per heavy atom. The van der Waals surface area contributed by atoms with Gasteiger partial charge in [0.15, 0.2) is 0 Å². The highest BCUT2D eigenvalue weighted by atomic mass is 35.5. The van der Waals surface area contributed by atoms with Gasteiger partial charge in [0.2, 0.25) is 0 Å². The second kappa shape index (κ2) is 3.98. The van der Waals surface area contributed by atoms with Gasteiger partial charge in [0.25, 0.3) is 0 Å². The van der Waals surface area contributed by atoms with Crippen molar-refractivity contribution in [3.8, 4) is 5.75 Å². The number of ether oxygens (including phenoxy) is 1. The first-order valence-electron chi connectivity index (χ1n) is 5.26. The van der Waals surface area contributed by atoms with E-state index < -0.39 is 5.41 Å². The normalized spacial score (nSPS) is 16.9. The molecule has 86 valence electrons. The molecule has 0 aromatic heterocycles. The van der Waals surface area contributed by atoms with Gasteiger partial charge in [-0.3, -0.25) is 4.79 Å². The van der Waals surface area contributed by atoms with Crippen LogP contribution in [-0.2, 0) is 14.9 Å². The summed E-state index contributed by atoms with van der Waals surface area (Å²) in [6, 6.07) is 4.88. The van der Waals surface area contributed by atoms with E-state index in [-0.39, 0.29) is 16.7 Å². The summed E-state index contributed by atoms with van der Waals surface area (Å²) in [6.07, 6.45) is 1.57. The van der Waals surface area contributed by atoms with E-state index in [0.717, 1.165) is 18.4 Å². The number of halogens is 1. The van der Waals surface area contributed by atoms with Crippen molar-refractivity contribution in [2.45, 2.75) is 25.2 Å². The molecule has 0 radical (unpaired) electrons. The fourth-order valence-corrected chi connectivity index (χ4v) is 1.99. The molecule has 1 saturated carbocycles. The third kappa shape index (κ3) is 1.76. The highest BCUT2D eigenvalue weighted by Crippen LogP contribution is 2.50. The zero-order valence-corrected chi connectivity index (χ0v) is 9.75. The van der Waals surface area contributed by atoms with E-state index in [2.05, 4.69) is 0 Å². The Morgan fingerprint density at radius 2 is 2.25 bits per heavy atom. The SMILES string of the molecule is CCOC(=O)C1(c2ccc(O)c(Cl)c2)CC1. The number of esters is 1. The zero-order valence-electron chi connectivity index (χ0n) is 9.00. The Labute approximate surface area is 99.0 Å². The molecule has 2 rings (SSSR count). The van der Waals surface area contributed by atoms with Crippen LogP contribution in [0.1, 0.15) is 25.3 Å². The molecule has 0 unspecified atom stereocenters. The van der Waals surface area contributed by atoms with Crippen LogP contribution in [0, 0.1) is 0 Å². The number of phenolic OH excluding ortho intramolecular Hbond substituents is 1. The minimum Gasteiger partial charge on any atom is -0.506 e. The molecule has 1 fully saturated rings. The molecule has 0 saturated heterocycles. The fourth-order valence-electron chi connectivity index (χ4n) is 1.81. The highest BCUT2D eigenvalue weighted by Gasteiger charge is 2.52. The Morgan fingerprint density at radius 3 is 2.75 bits per heavy atom. The van der Waals surface area contributed by atoms with Crippen molar-refractivity contribution < 1.29 is 14.6 Å². The van der Waals surface area contributed by atoms with Crippen molar-refractivity contribution in [1.82, 2.24) is 0 Å². The van der Waals surface area contributed by atoms with Crippen LogP contribution in [0.3, 0.4) is 0 Å². The van der Waals surface area contributed by atoms with Crippen LogP contribution in [-0.4, -0.2) is 17.7 Å². The molecule has 1 aliphatic carbocycles. The lowest BCUT2D eigenvalue weighted by molar-refractivity contribution is -0.146. The van der Waals surface area contributed by atoms with E-state index in [1.54, 1.807) is 19.1 Å². The Bertz CT molecular complexity index is 424. The number of carbonyl (C=O) groups excluding carboxylic acids is 1. The summed E-state index contributed by atoms with van der Waals surface area (Å²) in [5.41, 5.74) is 0.307. The molecule has 1 aliphatic rings. The first-order chi connectivity index (χ1) is 7.60. The Hall–Kier alpha value is -1.22. The summed E-state index contributed by atoms with van der Waals surface area (Å²) in [6.45, 7) is 2.17. The summed E-state index contributed by atoms with van der Waals surface area (Å²) in [4.78, 5) is 11.8. The van der Waals surface area contributed by atoms with Crippen LogP contribution in [0.25, 0.3) is 0 Å². The van der Waals surface area contributed by atoms with Gasteiger partial charge in [0.1, 0.15) is 5.75 Å². The molecule has 0 aliphatic heterocycles. The Balaban J connectivity index is 2.30. The third-order valence-electron chi connectivity index (χ3n) is 2.92. The largest absolute Gasteiger partial charge is 0.506 e. The molecule has 1 aromatic carbocycles. The maximum absolute atomic E-state index is 11.8. The van der Waals surface area contributed by atoms with Gasteiger partial charge in [-0.15, -0.1) is 0 Å². The van der Waals surface area contributed by atoms with Crippen molar-refractivity contribution in [3.05, 3.63) is 28.8 Å². The predicted molar refractivity (Wildman–Crippen MR) is 60.7 cm³/mol. The molecule has 1 aromatic rings. The maximum atomic E-state index is 11.8. The number of hydrogen-bond donors (Lipinski definition) is 1. The van der Waals surface area contributed by atoms with Crippen LogP contribution in [0.4, 0.5) is 0 Å². The third-order valence-corrected chi connectivity index (χ3v) is 3.22. The molecule has 0 atom stereocenters. The van der Waals surface area contributed by atoms with Gasteiger partial charge in [-0.25, -0.2) is 0 Å². The molecular weight excluding hydrogens is 228 g/mol. The van der Waals surface area contributed by atoms with Crippen molar-refractivity contribution in [2.24, 2.45) is 0 Å². The standard InChI is InChI=1S/C12H13ClO3/c1-2-16-11(15)12(5-6-12)8-3-4-10(14)9(13)7-8/h3-4,7,14H,2,5-6H2,1H3. The number of aromatic hydroxyl groups is 1. The first kappa shape index (κ1) is 11.3. The average molecular weight is 241 g/mol. The quantitative estimate of drug-likeness (QED) is 0.827. The van der Waals surface area contributed by atoms with E-state index >= 15 is 0 Å². The topological polar surface area (TPSA) is 46.5 Å². The molecule has 0 amide bonds. The maximum Gasteiger partial charge on any atom is 0.316 e. The van der Waals surface area contributed by atoms with Gasteiger partial charge < -0.3 is 9.84 Å². The summed E-state index contributed by atoms with van der Waals surface area (Å²) in [5.74, 6) is -0.165. The monoisotopic (exact) mass is 240 g/mol. The Kier molecular flexibility index (Phi) is 2.80. The predicted octanol–water partition coefficient (Wildman–Crippen LogP) is 2.64. The minimum atomic E-state index is -0.520. The molecule has 0 bridgehead atoms. The summed E-state index contributed by atoms with van der Waals surface area (Å²) in [7, 11) is 0. The number of rotatable bonds is 3. The lowest BCUT2D eigenvalue weighted by Crippen LogP contribution is -2.23.